The van der Waals surface area contributed by atoms with Crippen molar-refractivity contribution in [3.8, 4) is 5.75 Å². The van der Waals surface area contributed by atoms with Crippen LogP contribution in [0.2, 0.25) is 0 Å². The lowest BCUT2D eigenvalue weighted by Crippen LogP contribution is -2.18. The summed E-state index contributed by atoms with van der Waals surface area (Å²) >= 11 is 0. The van der Waals surface area contributed by atoms with E-state index in [1.165, 1.54) is 12.1 Å². The Morgan fingerprint density at radius 1 is 1.15 bits per heavy atom. The van der Waals surface area contributed by atoms with Gasteiger partial charge in [0.2, 0.25) is 0 Å². The van der Waals surface area contributed by atoms with E-state index in [1.807, 2.05) is 0 Å². The molecule has 0 saturated carbocycles. The molecule has 4 nitrogen and oxygen atoms in total. The third-order valence-corrected chi connectivity index (χ3v) is 3.61. The van der Waals surface area contributed by atoms with Crippen LogP contribution in [0.15, 0.2) is 55.6 Å². The normalized spacial score (nSPS) is 10.5. The van der Waals surface area contributed by atoms with Crippen LogP contribution in [0, 0.1) is 5.82 Å². The summed E-state index contributed by atoms with van der Waals surface area (Å²) < 4.78 is 23.8. The summed E-state index contributed by atoms with van der Waals surface area (Å²) in [7, 11) is 0. The van der Waals surface area contributed by atoms with Crippen molar-refractivity contribution in [3.05, 3.63) is 72.6 Å². The molecule has 0 radical (unpaired) electrons. The molecule has 2 aromatic rings. The molecule has 2 rings (SSSR count). The number of ether oxygens (including phenoxy) is 2. The Kier molecular flexibility index (Phi) is 6.17. The smallest absolute Gasteiger partial charge is 0.344 e. The van der Waals surface area contributed by atoms with Crippen molar-refractivity contribution in [1.82, 2.24) is 0 Å². The molecule has 0 spiro atoms. The standard InChI is InChI=1S/C21H22FNO3/c1-13(2)26-21(24)12-25-18-8-9-19(20(23)11-18)15(4)14(3)16-6-5-7-17(22)10-16/h5-11,13H,3-4,12,23H2,1-2H3. The number of benzene rings is 2. The van der Waals surface area contributed by atoms with Crippen molar-refractivity contribution in [2.24, 2.45) is 0 Å². The number of anilines is 1. The van der Waals surface area contributed by atoms with Gasteiger partial charge in [-0.15, -0.1) is 0 Å². The Morgan fingerprint density at radius 2 is 1.88 bits per heavy atom. The quantitative estimate of drug-likeness (QED) is 0.452. The van der Waals surface area contributed by atoms with Crippen molar-refractivity contribution < 1.29 is 18.7 Å². The number of rotatable bonds is 7. The van der Waals surface area contributed by atoms with Crippen molar-refractivity contribution >= 4 is 22.8 Å². The van der Waals surface area contributed by atoms with E-state index >= 15 is 0 Å². The summed E-state index contributed by atoms with van der Waals surface area (Å²) in [5.41, 5.74) is 8.95. The van der Waals surface area contributed by atoms with Gasteiger partial charge in [-0.25, -0.2) is 9.18 Å². The lowest BCUT2D eigenvalue weighted by molar-refractivity contribution is -0.149. The fourth-order valence-corrected chi connectivity index (χ4v) is 2.36. The first kappa shape index (κ1) is 19.2. The highest BCUT2D eigenvalue weighted by atomic mass is 19.1. The number of carbonyl (C=O) groups excluding carboxylic acids is 1. The summed E-state index contributed by atoms with van der Waals surface area (Å²) in [5, 5.41) is 0. The number of halogens is 1. The minimum absolute atomic E-state index is 0.198. The number of nitrogens with two attached hydrogens (primary N) is 1. The average Bonchev–Trinajstić information content (AvgIpc) is 2.58. The number of hydrogen-bond acceptors (Lipinski definition) is 4. The van der Waals surface area contributed by atoms with Gasteiger partial charge in [-0.1, -0.05) is 25.3 Å². The van der Waals surface area contributed by atoms with Crippen LogP contribution in [0.3, 0.4) is 0 Å². The first-order chi connectivity index (χ1) is 12.3. The van der Waals surface area contributed by atoms with Gasteiger partial charge in [0.15, 0.2) is 6.61 Å². The molecule has 0 unspecified atom stereocenters. The molecule has 2 aromatic carbocycles. The van der Waals surface area contributed by atoms with Crippen molar-refractivity contribution in [2.75, 3.05) is 12.3 Å². The van der Waals surface area contributed by atoms with Crippen LogP contribution in [0.1, 0.15) is 25.0 Å². The maximum atomic E-state index is 13.4. The third kappa shape index (κ3) is 4.96. The van der Waals surface area contributed by atoms with Gasteiger partial charge in [0, 0.05) is 17.3 Å². The Morgan fingerprint density at radius 3 is 2.50 bits per heavy atom. The molecule has 26 heavy (non-hydrogen) atoms. The summed E-state index contributed by atoms with van der Waals surface area (Å²) in [6.45, 7) is 11.3. The first-order valence-electron chi connectivity index (χ1n) is 8.14. The molecule has 0 atom stereocenters. The molecular formula is C21H22FNO3. The zero-order valence-electron chi connectivity index (χ0n) is 14.9. The Labute approximate surface area is 152 Å². The van der Waals surface area contributed by atoms with Crippen LogP contribution in [0.4, 0.5) is 10.1 Å². The molecule has 0 bridgehead atoms. The second kappa shape index (κ2) is 8.34. The molecule has 0 heterocycles. The molecule has 0 fully saturated rings. The maximum Gasteiger partial charge on any atom is 0.344 e. The van der Waals surface area contributed by atoms with E-state index in [-0.39, 0.29) is 18.5 Å². The molecule has 2 N–H and O–H groups in total. The highest BCUT2D eigenvalue weighted by Crippen LogP contribution is 2.33. The summed E-state index contributed by atoms with van der Waals surface area (Å²) in [4.78, 5) is 11.5. The average molecular weight is 355 g/mol. The van der Waals surface area contributed by atoms with Gasteiger partial charge in [0.05, 0.1) is 6.10 Å². The largest absolute Gasteiger partial charge is 0.482 e. The van der Waals surface area contributed by atoms with Crippen LogP contribution in [-0.4, -0.2) is 18.7 Å². The van der Waals surface area contributed by atoms with Crippen LogP contribution < -0.4 is 10.5 Å². The maximum absolute atomic E-state index is 13.4. The van der Waals surface area contributed by atoms with Gasteiger partial charge >= 0.3 is 5.97 Å². The van der Waals surface area contributed by atoms with E-state index in [4.69, 9.17) is 15.2 Å². The first-order valence-corrected chi connectivity index (χ1v) is 8.14. The number of carbonyl (C=O) groups is 1. The lowest BCUT2D eigenvalue weighted by atomic mass is 9.94. The van der Waals surface area contributed by atoms with Gasteiger partial charge in [-0.2, -0.15) is 0 Å². The van der Waals surface area contributed by atoms with Crippen molar-refractivity contribution in [2.45, 2.75) is 20.0 Å². The van der Waals surface area contributed by atoms with E-state index in [9.17, 15) is 9.18 Å². The molecule has 0 aromatic heterocycles. The second-order valence-electron chi connectivity index (χ2n) is 6.04. The zero-order chi connectivity index (χ0) is 19.3. The van der Waals surface area contributed by atoms with Crippen LogP contribution in [0.25, 0.3) is 11.1 Å². The molecule has 5 heteroatoms. The van der Waals surface area contributed by atoms with Crippen molar-refractivity contribution in [3.63, 3.8) is 0 Å². The van der Waals surface area contributed by atoms with Gasteiger partial charge in [-0.3, -0.25) is 0 Å². The SMILES string of the molecule is C=C(C(=C)c1ccc(OCC(=O)OC(C)C)cc1N)c1cccc(F)c1. The summed E-state index contributed by atoms with van der Waals surface area (Å²) in [5.74, 6) is -0.357. The highest BCUT2D eigenvalue weighted by Gasteiger charge is 2.12. The minimum atomic E-state index is -0.452. The number of esters is 1. The Bertz CT molecular complexity index is 843. The van der Waals surface area contributed by atoms with E-state index in [2.05, 4.69) is 13.2 Å². The minimum Gasteiger partial charge on any atom is -0.482 e. The van der Waals surface area contributed by atoms with Gasteiger partial charge in [-0.05, 0) is 54.8 Å². The monoisotopic (exact) mass is 355 g/mol. The van der Waals surface area contributed by atoms with Crippen molar-refractivity contribution in [1.29, 1.82) is 0 Å². The van der Waals surface area contributed by atoms with Crippen LogP contribution in [0.5, 0.6) is 5.75 Å². The van der Waals surface area contributed by atoms with Gasteiger partial charge < -0.3 is 15.2 Å². The number of nitrogen functional groups attached to an aromatic ring is 1. The van der Waals surface area contributed by atoms with Crippen LogP contribution in [-0.2, 0) is 9.53 Å². The summed E-state index contributed by atoms with van der Waals surface area (Å²) in [6.07, 6.45) is -0.198. The second-order valence-corrected chi connectivity index (χ2v) is 6.04. The third-order valence-electron chi connectivity index (χ3n) is 3.61. The number of hydrogen-bond donors (Lipinski definition) is 1. The predicted octanol–water partition coefficient (Wildman–Crippen LogP) is 4.46. The summed E-state index contributed by atoms with van der Waals surface area (Å²) in [6, 6.07) is 11.1. The molecule has 0 aliphatic carbocycles. The van der Waals surface area contributed by atoms with Gasteiger partial charge in [0.1, 0.15) is 11.6 Å². The Hall–Kier alpha value is -3.08. The van der Waals surface area contributed by atoms with Gasteiger partial charge in [0.25, 0.3) is 0 Å². The van der Waals surface area contributed by atoms with Crippen LogP contribution >= 0.6 is 0 Å². The van der Waals surface area contributed by atoms with E-state index < -0.39 is 5.97 Å². The fourth-order valence-electron chi connectivity index (χ4n) is 2.36. The molecule has 0 saturated heterocycles. The Balaban J connectivity index is 2.10. The molecular weight excluding hydrogens is 333 g/mol. The predicted molar refractivity (Wildman–Crippen MR) is 102 cm³/mol. The molecule has 0 amide bonds. The van der Waals surface area contributed by atoms with E-state index in [1.54, 1.807) is 44.2 Å². The van der Waals surface area contributed by atoms with E-state index in [0.717, 1.165) is 0 Å². The molecule has 136 valence electrons. The number of allylic oxidation sites excluding steroid dienone is 2. The fraction of sp³-hybridized carbons (Fsp3) is 0.190. The topological polar surface area (TPSA) is 61.5 Å². The molecule has 0 aliphatic rings. The van der Waals surface area contributed by atoms with E-state index in [0.29, 0.717) is 33.7 Å². The highest BCUT2D eigenvalue weighted by molar-refractivity contribution is 6.05. The zero-order valence-corrected chi connectivity index (χ0v) is 14.9. The molecule has 0 aliphatic heterocycles. The lowest BCUT2D eigenvalue weighted by Gasteiger charge is -2.14.